The summed E-state index contributed by atoms with van der Waals surface area (Å²) in [4.78, 5) is 19.5. The third-order valence-corrected chi connectivity index (χ3v) is 5.20. The van der Waals surface area contributed by atoms with Crippen molar-refractivity contribution in [1.82, 2.24) is 9.88 Å². The van der Waals surface area contributed by atoms with Crippen LogP contribution in [0.2, 0.25) is 0 Å². The molecule has 2 unspecified atom stereocenters. The SMILES string of the molecule is CC(O)C1CCCN(C(=O)c2cnc(-c3ccccc3)s2)C1. The smallest absolute Gasteiger partial charge is 0.265 e. The minimum atomic E-state index is -0.364. The van der Waals surface area contributed by atoms with Gasteiger partial charge in [0.25, 0.3) is 5.91 Å². The predicted octanol–water partition coefficient (Wildman–Crippen LogP) is 3.04. The van der Waals surface area contributed by atoms with Gasteiger partial charge < -0.3 is 10.0 Å². The lowest BCUT2D eigenvalue weighted by molar-refractivity contribution is 0.0469. The number of carbonyl (C=O) groups excluding carboxylic acids is 1. The molecule has 0 saturated carbocycles. The summed E-state index contributed by atoms with van der Waals surface area (Å²) >= 11 is 1.43. The van der Waals surface area contributed by atoms with Crippen LogP contribution in [0.25, 0.3) is 10.6 Å². The fourth-order valence-corrected chi connectivity index (χ4v) is 3.72. The summed E-state index contributed by atoms with van der Waals surface area (Å²) in [5, 5.41) is 10.6. The van der Waals surface area contributed by atoms with E-state index in [1.165, 1.54) is 11.3 Å². The van der Waals surface area contributed by atoms with Gasteiger partial charge in [0.1, 0.15) is 9.88 Å². The molecule has 4 nitrogen and oxygen atoms in total. The largest absolute Gasteiger partial charge is 0.393 e. The Bertz CT molecular complexity index is 639. The molecule has 0 spiro atoms. The van der Waals surface area contributed by atoms with Crippen LogP contribution in [0.5, 0.6) is 0 Å². The van der Waals surface area contributed by atoms with Crippen LogP contribution in [0.15, 0.2) is 36.5 Å². The first-order valence-electron chi connectivity index (χ1n) is 7.63. The van der Waals surface area contributed by atoms with Gasteiger partial charge in [-0.1, -0.05) is 30.3 Å². The fourth-order valence-electron chi connectivity index (χ4n) is 2.83. The fraction of sp³-hybridized carbons (Fsp3) is 0.412. The van der Waals surface area contributed by atoms with Gasteiger partial charge in [-0.25, -0.2) is 4.98 Å². The first-order chi connectivity index (χ1) is 10.6. The molecular weight excluding hydrogens is 296 g/mol. The number of thiazole rings is 1. The first-order valence-corrected chi connectivity index (χ1v) is 8.45. The van der Waals surface area contributed by atoms with E-state index in [4.69, 9.17) is 0 Å². The molecular formula is C17H20N2O2S. The van der Waals surface area contributed by atoms with Gasteiger partial charge >= 0.3 is 0 Å². The number of rotatable bonds is 3. The Kier molecular flexibility index (Phi) is 4.55. The van der Waals surface area contributed by atoms with E-state index in [2.05, 4.69) is 4.98 Å². The van der Waals surface area contributed by atoms with E-state index in [0.717, 1.165) is 30.0 Å². The highest BCUT2D eigenvalue weighted by Gasteiger charge is 2.28. The molecule has 1 amide bonds. The summed E-state index contributed by atoms with van der Waals surface area (Å²) in [5.74, 6) is 0.212. The number of nitrogens with zero attached hydrogens (tertiary/aromatic N) is 2. The van der Waals surface area contributed by atoms with Crippen molar-refractivity contribution >= 4 is 17.2 Å². The second-order valence-electron chi connectivity index (χ2n) is 5.79. The number of hydrogen-bond donors (Lipinski definition) is 1. The first kappa shape index (κ1) is 15.2. The van der Waals surface area contributed by atoms with Crippen molar-refractivity contribution in [1.29, 1.82) is 0 Å². The third kappa shape index (κ3) is 3.20. The normalized spacial score (nSPS) is 19.9. The van der Waals surface area contributed by atoms with E-state index >= 15 is 0 Å². The monoisotopic (exact) mass is 316 g/mol. The maximum absolute atomic E-state index is 12.6. The highest BCUT2D eigenvalue weighted by Crippen LogP contribution is 2.27. The van der Waals surface area contributed by atoms with Crippen molar-refractivity contribution in [3.63, 3.8) is 0 Å². The van der Waals surface area contributed by atoms with Crippen molar-refractivity contribution in [2.75, 3.05) is 13.1 Å². The molecule has 116 valence electrons. The highest BCUT2D eigenvalue weighted by molar-refractivity contribution is 7.16. The molecule has 1 aromatic heterocycles. The number of carbonyl (C=O) groups is 1. The van der Waals surface area contributed by atoms with Crippen molar-refractivity contribution in [2.24, 2.45) is 5.92 Å². The van der Waals surface area contributed by atoms with Gasteiger partial charge in [0, 0.05) is 24.6 Å². The summed E-state index contributed by atoms with van der Waals surface area (Å²) in [6, 6.07) is 9.90. The van der Waals surface area contributed by atoms with Gasteiger partial charge in [0.15, 0.2) is 0 Å². The van der Waals surface area contributed by atoms with Crippen LogP contribution in [-0.2, 0) is 0 Å². The quantitative estimate of drug-likeness (QED) is 0.947. The minimum Gasteiger partial charge on any atom is -0.393 e. The molecule has 2 aromatic rings. The van der Waals surface area contributed by atoms with Gasteiger partial charge in [0.05, 0.1) is 12.3 Å². The number of aliphatic hydroxyl groups is 1. The molecule has 1 fully saturated rings. The lowest BCUT2D eigenvalue weighted by Crippen LogP contribution is -2.42. The topological polar surface area (TPSA) is 53.4 Å². The van der Waals surface area contributed by atoms with Crippen LogP contribution in [0.1, 0.15) is 29.4 Å². The van der Waals surface area contributed by atoms with Crippen molar-refractivity contribution in [3.8, 4) is 10.6 Å². The Morgan fingerprint density at radius 1 is 1.41 bits per heavy atom. The number of aliphatic hydroxyl groups excluding tert-OH is 1. The Morgan fingerprint density at radius 3 is 2.91 bits per heavy atom. The van der Waals surface area contributed by atoms with Crippen molar-refractivity contribution in [3.05, 3.63) is 41.4 Å². The Morgan fingerprint density at radius 2 is 2.18 bits per heavy atom. The number of likely N-dealkylation sites (tertiary alicyclic amines) is 1. The van der Waals surface area contributed by atoms with E-state index in [9.17, 15) is 9.90 Å². The number of benzene rings is 1. The standard InChI is InChI=1S/C17H20N2O2S/c1-12(20)14-8-5-9-19(11-14)17(21)15-10-18-16(22-15)13-6-3-2-4-7-13/h2-4,6-7,10,12,14,20H,5,8-9,11H2,1H3. The van der Waals surface area contributed by atoms with Crippen LogP contribution < -0.4 is 0 Å². The van der Waals surface area contributed by atoms with Crippen LogP contribution in [-0.4, -0.2) is 40.1 Å². The molecule has 2 heterocycles. The van der Waals surface area contributed by atoms with E-state index in [-0.39, 0.29) is 17.9 Å². The molecule has 5 heteroatoms. The van der Waals surface area contributed by atoms with Crippen LogP contribution in [0.3, 0.4) is 0 Å². The van der Waals surface area contributed by atoms with Gasteiger partial charge in [-0.2, -0.15) is 0 Å². The molecule has 0 aliphatic carbocycles. The molecule has 1 N–H and O–H groups in total. The van der Waals surface area contributed by atoms with Gasteiger partial charge in [-0.05, 0) is 19.8 Å². The summed E-state index contributed by atoms with van der Waals surface area (Å²) in [6.45, 7) is 3.20. The van der Waals surface area contributed by atoms with Crippen molar-refractivity contribution < 1.29 is 9.90 Å². The average molecular weight is 316 g/mol. The second kappa shape index (κ2) is 6.58. The number of amides is 1. The number of piperidine rings is 1. The summed E-state index contributed by atoms with van der Waals surface area (Å²) in [5.41, 5.74) is 1.03. The van der Waals surface area contributed by atoms with Crippen LogP contribution >= 0.6 is 11.3 Å². The minimum absolute atomic E-state index is 0.0324. The van der Waals surface area contributed by atoms with Gasteiger partial charge in [-0.3, -0.25) is 4.79 Å². The summed E-state index contributed by atoms with van der Waals surface area (Å²) < 4.78 is 0. The van der Waals surface area contributed by atoms with Crippen LogP contribution in [0, 0.1) is 5.92 Å². The molecule has 1 aliphatic heterocycles. The molecule has 0 radical (unpaired) electrons. The van der Waals surface area contributed by atoms with E-state index in [0.29, 0.717) is 11.4 Å². The number of hydrogen-bond acceptors (Lipinski definition) is 4. The molecule has 1 aliphatic rings. The average Bonchev–Trinajstić information content (AvgIpc) is 3.05. The molecule has 3 rings (SSSR count). The zero-order valence-corrected chi connectivity index (χ0v) is 13.4. The van der Waals surface area contributed by atoms with Gasteiger partial charge in [-0.15, -0.1) is 11.3 Å². The number of aromatic nitrogens is 1. The summed E-state index contributed by atoms with van der Waals surface area (Å²) in [6.07, 6.45) is 3.24. The molecule has 0 bridgehead atoms. The Labute approximate surface area is 134 Å². The lowest BCUT2D eigenvalue weighted by atomic mass is 9.93. The van der Waals surface area contributed by atoms with E-state index < -0.39 is 0 Å². The zero-order chi connectivity index (χ0) is 15.5. The summed E-state index contributed by atoms with van der Waals surface area (Å²) in [7, 11) is 0. The van der Waals surface area contributed by atoms with E-state index in [1.807, 2.05) is 35.2 Å². The zero-order valence-electron chi connectivity index (χ0n) is 12.6. The van der Waals surface area contributed by atoms with Gasteiger partial charge in [0.2, 0.25) is 0 Å². The maximum Gasteiger partial charge on any atom is 0.265 e. The third-order valence-electron chi connectivity index (χ3n) is 4.16. The highest BCUT2D eigenvalue weighted by atomic mass is 32.1. The second-order valence-corrected chi connectivity index (χ2v) is 6.82. The predicted molar refractivity (Wildman–Crippen MR) is 87.9 cm³/mol. The van der Waals surface area contributed by atoms with Crippen LogP contribution in [0.4, 0.5) is 0 Å². The van der Waals surface area contributed by atoms with Crippen molar-refractivity contribution in [2.45, 2.75) is 25.9 Å². The Balaban J connectivity index is 1.74. The molecule has 22 heavy (non-hydrogen) atoms. The molecule has 1 aromatic carbocycles. The lowest BCUT2D eigenvalue weighted by Gasteiger charge is -2.33. The maximum atomic E-state index is 12.6. The molecule has 2 atom stereocenters. The van der Waals surface area contributed by atoms with E-state index in [1.54, 1.807) is 13.1 Å². The Hall–Kier alpha value is -1.72. The molecule has 1 saturated heterocycles.